The van der Waals surface area contributed by atoms with Crippen molar-refractivity contribution in [3.05, 3.63) is 65.9 Å². The van der Waals surface area contributed by atoms with Crippen molar-refractivity contribution >= 4 is 22.7 Å². The van der Waals surface area contributed by atoms with Crippen molar-refractivity contribution in [3.8, 4) is 5.75 Å². The molecule has 39 heavy (non-hydrogen) atoms. The number of para-hydroxylation sites is 1. The largest absolute Gasteiger partial charge is 0.490 e. The summed E-state index contributed by atoms with van der Waals surface area (Å²) in [5.74, 6) is -0.00630. The van der Waals surface area contributed by atoms with Crippen LogP contribution in [0.1, 0.15) is 120 Å². The number of nitrogens with zero attached hydrogens (tertiary/aromatic N) is 1. The molecule has 0 fully saturated rings. The molecule has 3 aromatic rings. The van der Waals surface area contributed by atoms with Crippen LogP contribution >= 0.6 is 0 Å². The van der Waals surface area contributed by atoms with Crippen LogP contribution in [0.2, 0.25) is 0 Å². The van der Waals surface area contributed by atoms with E-state index < -0.39 is 5.97 Å². The van der Waals surface area contributed by atoms with Crippen LogP contribution in [0.25, 0.3) is 10.9 Å². The highest BCUT2D eigenvalue weighted by Gasteiger charge is 2.17. The van der Waals surface area contributed by atoms with Gasteiger partial charge in [-0.3, -0.25) is 9.59 Å². The lowest BCUT2D eigenvalue weighted by Crippen LogP contribution is -2.16. The van der Waals surface area contributed by atoms with Crippen LogP contribution in [0.3, 0.4) is 0 Å². The zero-order valence-electron chi connectivity index (χ0n) is 24.0. The predicted molar refractivity (Wildman–Crippen MR) is 160 cm³/mol. The zero-order valence-corrected chi connectivity index (χ0v) is 24.0. The summed E-state index contributed by atoms with van der Waals surface area (Å²) in [6.45, 7) is 5.05. The number of aryl methyl sites for hydroxylation is 1. The van der Waals surface area contributed by atoms with Gasteiger partial charge in [-0.2, -0.15) is 0 Å². The summed E-state index contributed by atoms with van der Waals surface area (Å²) in [6.07, 6.45) is 17.5. The number of aliphatic carboxylic acids is 1. The van der Waals surface area contributed by atoms with Crippen LogP contribution in [-0.4, -0.2) is 27.5 Å². The standard InChI is InChI=1S/C34H47NO4/c1-3-5-7-9-11-16-28(17-12-10-8-6-4-2)39-29-23-21-27(22-24-29)34(38)31-26-35(25-15-20-33(36)37)32-19-14-13-18-30(31)32/h13-14,18-19,21-24,26,28H,3-12,15-17,20,25H2,1-2H3,(H,36,37). The Kier molecular flexibility index (Phi) is 13.1. The van der Waals surface area contributed by atoms with E-state index in [1.54, 1.807) is 0 Å². The predicted octanol–water partition coefficient (Wildman–Crippen LogP) is 9.21. The number of rotatable bonds is 20. The van der Waals surface area contributed by atoms with Crippen molar-refractivity contribution < 1.29 is 19.4 Å². The summed E-state index contributed by atoms with van der Waals surface area (Å²) in [5, 5.41) is 9.89. The highest BCUT2D eigenvalue weighted by molar-refractivity contribution is 6.16. The Morgan fingerprint density at radius 1 is 0.795 bits per heavy atom. The van der Waals surface area contributed by atoms with Crippen LogP contribution in [0.4, 0.5) is 0 Å². The first-order valence-corrected chi connectivity index (χ1v) is 15.1. The zero-order chi connectivity index (χ0) is 27.9. The first-order chi connectivity index (χ1) is 19.0. The molecule has 1 heterocycles. The third-order valence-corrected chi connectivity index (χ3v) is 7.50. The van der Waals surface area contributed by atoms with Crippen LogP contribution in [0.15, 0.2) is 54.7 Å². The lowest BCUT2D eigenvalue weighted by atomic mass is 10.0. The molecule has 5 heteroatoms. The van der Waals surface area contributed by atoms with Gasteiger partial charge in [0.15, 0.2) is 5.78 Å². The first-order valence-electron chi connectivity index (χ1n) is 15.1. The lowest BCUT2D eigenvalue weighted by Gasteiger charge is -2.19. The van der Waals surface area contributed by atoms with Crippen LogP contribution in [-0.2, 0) is 11.3 Å². The van der Waals surface area contributed by atoms with E-state index in [-0.39, 0.29) is 18.3 Å². The number of hydrogen-bond donors (Lipinski definition) is 1. The van der Waals surface area contributed by atoms with Crippen LogP contribution in [0.5, 0.6) is 5.75 Å². The van der Waals surface area contributed by atoms with Gasteiger partial charge in [0.25, 0.3) is 0 Å². The molecule has 1 N–H and O–H groups in total. The maximum Gasteiger partial charge on any atom is 0.303 e. The fourth-order valence-electron chi connectivity index (χ4n) is 5.26. The molecule has 0 unspecified atom stereocenters. The number of ketones is 1. The van der Waals surface area contributed by atoms with Gasteiger partial charge in [-0.15, -0.1) is 0 Å². The van der Waals surface area contributed by atoms with E-state index >= 15 is 0 Å². The Morgan fingerprint density at radius 2 is 1.41 bits per heavy atom. The van der Waals surface area contributed by atoms with Gasteiger partial charge in [0.2, 0.25) is 0 Å². The smallest absolute Gasteiger partial charge is 0.303 e. The third-order valence-electron chi connectivity index (χ3n) is 7.50. The molecule has 1 aromatic heterocycles. The number of carbonyl (C=O) groups is 2. The fraction of sp³-hybridized carbons (Fsp3) is 0.529. The molecule has 0 atom stereocenters. The summed E-state index contributed by atoms with van der Waals surface area (Å²) in [5.41, 5.74) is 2.23. The van der Waals surface area contributed by atoms with E-state index in [0.29, 0.717) is 24.1 Å². The molecular weight excluding hydrogens is 486 g/mol. The van der Waals surface area contributed by atoms with Gasteiger partial charge in [-0.25, -0.2) is 0 Å². The Balaban J connectivity index is 1.66. The summed E-state index contributed by atoms with van der Waals surface area (Å²) < 4.78 is 8.44. The highest BCUT2D eigenvalue weighted by atomic mass is 16.5. The normalized spacial score (nSPS) is 11.4. The van der Waals surface area contributed by atoms with E-state index in [2.05, 4.69) is 13.8 Å². The number of carboxylic acid groups (broad SMARTS) is 1. The molecule has 0 aliphatic carbocycles. The van der Waals surface area contributed by atoms with Gasteiger partial charge in [-0.05, 0) is 62.4 Å². The Bertz CT molecular complexity index is 1130. The van der Waals surface area contributed by atoms with Crippen molar-refractivity contribution in [2.24, 2.45) is 0 Å². The fourth-order valence-corrected chi connectivity index (χ4v) is 5.26. The maximum atomic E-state index is 13.5. The van der Waals surface area contributed by atoms with E-state index in [1.807, 2.05) is 59.3 Å². The molecule has 0 aliphatic rings. The van der Waals surface area contributed by atoms with Crippen LogP contribution in [0, 0.1) is 0 Å². The summed E-state index contributed by atoms with van der Waals surface area (Å²) in [7, 11) is 0. The summed E-state index contributed by atoms with van der Waals surface area (Å²) in [4.78, 5) is 24.4. The molecule has 0 radical (unpaired) electrons. The van der Waals surface area contributed by atoms with E-state index in [0.717, 1.165) is 29.5 Å². The minimum absolute atomic E-state index is 0.0295. The van der Waals surface area contributed by atoms with Gasteiger partial charge >= 0.3 is 5.97 Å². The number of fused-ring (bicyclic) bond motifs is 1. The van der Waals surface area contributed by atoms with Gasteiger partial charge in [0.1, 0.15) is 5.75 Å². The second-order valence-electron chi connectivity index (χ2n) is 10.7. The molecule has 2 aromatic carbocycles. The molecule has 0 aliphatic heterocycles. The summed E-state index contributed by atoms with van der Waals surface area (Å²) in [6, 6.07) is 15.4. The number of aromatic nitrogens is 1. The number of ether oxygens (including phenoxy) is 1. The van der Waals surface area contributed by atoms with E-state index in [9.17, 15) is 9.59 Å². The van der Waals surface area contributed by atoms with Crippen molar-refractivity contribution in [1.29, 1.82) is 0 Å². The molecule has 3 rings (SSSR count). The number of carbonyl (C=O) groups excluding carboxylic acids is 1. The van der Waals surface area contributed by atoms with E-state index in [4.69, 9.17) is 9.84 Å². The Hall–Kier alpha value is -3.08. The number of carboxylic acids is 1. The molecule has 0 spiro atoms. The van der Waals surface area contributed by atoms with Crippen LogP contribution < -0.4 is 4.74 Å². The quantitative estimate of drug-likeness (QED) is 0.116. The topological polar surface area (TPSA) is 68.5 Å². The maximum absolute atomic E-state index is 13.5. The third kappa shape index (κ3) is 9.87. The second kappa shape index (κ2) is 16.8. The average molecular weight is 534 g/mol. The minimum Gasteiger partial charge on any atom is -0.490 e. The van der Waals surface area contributed by atoms with Crippen molar-refractivity contribution in [2.75, 3.05) is 0 Å². The number of unbranched alkanes of at least 4 members (excludes halogenated alkanes) is 8. The molecule has 0 saturated heterocycles. The van der Waals surface area contributed by atoms with Gasteiger partial charge < -0.3 is 14.4 Å². The number of benzene rings is 2. The Morgan fingerprint density at radius 3 is 2.03 bits per heavy atom. The van der Waals surface area contributed by atoms with Crippen molar-refractivity contribution in [2.45, 2.75) is 116 Å². The summed E-state index contributed by atoms with van der Waals surface area (Å²) >= 11 is 0. The van der Waals surface area contributed by atoms with E-state index in [1.165, 1.54) is 64.2 Å². The Labute approximate surface area is 234 Å². The van der Waals surface area contributed by atoms with Gasteiger partial charge in [-0.1, -0.05) is 83.4 Å². The average Bonchev–Trinajstić information content (AvgIpc) is 3.31. The molecule has 5 nitrogen and oxygen atoms in total. The minimum atomic E-state index is -0.805. The molecular formula is C34H47NO4. The molecule has 0 amide bonds. The monoisotopic (exact) mass is 533 g/mol. The first kappa shape index (κ1) is 30.5. The van der Waals surface area contributed by atoms with Crippen molar-refractivity contribution in [3.63, 3.8) is 0 Å². The lowest BCUT2D eigenvalue weighted by molar-refractivity contribution is -0.137. The van der Waals surface area contributed by atoms with Gasteiger partial charge in [0.05, 0.1) is 6.10 Å². The molecule has 212 valence electrons. The SMILES string of the molecule is CCCCCCCC(CCCCCCC)Oc1ccc(C(=O)c2cn(CCCC(=O)O)c3ccccc23)cc1. The van der Waals surface area contributed by atoms with Gasteiger partial charge in [0, 0.05) is 41.2 Å². The second-order valence-corrected chi connectivity index (χ2v) is 10.7. The van der Waals surface area contributed by atoms with Crippen molar-refractivity contribution in [1.82, 2.24) is 4.57 Å². The highest BCUT2D eigenvalue weighted by Crippen LogP contribution is 2.26. The molecule has 0 saturated carbocycles. The number of hydrogen-bond acceptors (Lipinski definition) is 3. The molecule has 0 bridgehead atoms.